The van der Waals surface area contributed by atoms with E-state index in [1.165, 1.54) is 49.9 Å². The zero-order valence-electron chi connectivity index (χ0n) is 15.9. The Balaban J connectivity index is 1.89. The lowest BCUT2D eigenvalue weighted by Crippen LogP contribution is -2.19. The van der Waals surface area contributed by atoms with Crippen LogP contribution < -0.4 is 0 Å². The molecule has 0 N–H and O–H groups in total. The molecule has 2 heterocycles. The van der Waals surface area contributed by atoms with Crippen molar-refractivity contribution in [2.45, 2.75) is 78.1 Å². The Bertz CT molecular complexity index is 721. The Morgan fingerprint density at radius 3 is 1.58 bits per heavy atom. The van der Waals surface area contributed by atoms with Crippen molar-refractivity contribution in [2.75, 3.05) is 0 Å². The molecule has 4 heteroatoms. The number of rotatable bonds is 10. The van der Waals surface area contributed by atoms with Crippen LogP contribution in [0.4, 0.5) is 0 Å². The van der Waals surface area contributed by atoms with Gasteiger partial charge in [0.2, 0.25) is 0 Å². The highest BCUT2D eigenvalue weighted by Gasteiger charge is 2.36. The molecule has 0 fully saturated rings. The molecule has 0 amide bonds. The quantitative estimate of drug-likeness (QED) is 0.357. The van der Waals surface area contributed by atoms with E-state index < -0.39 is 0 Å². The van der Waals surface area contributed by atoms with Gasteiger partial charge in [-0.2, -0.15) is 11.3 Å². The van der Waals surface area contributed by atoms with Crippen LogP contribution in [0, 0.1) is 0 Å². The minimum absolute atomic E-state index is 0.0809. The van der Waals surface area contributed by atoms with Gasteiger partial charge < -0.3 is 0 Å². The summed E-state index contributed by atoms with van der Waals surface area (Å²) in [5.74, 6) is 0.162. The third-order valence-electron chi connectivity index (χ3n) is 5.17. The van der Waals surface area contributed by atoms with Gasteiger partial charge in [-0.15, -0.1) is 11.3 Å². The molecule has 0 bridgehead atoms. The fourth-order valence-electron chi connectivity index (χ4n) is 3.70. The van der Waals surface area contributed by atoms with Gasteiger partial charge in [0.15, 0.2) is 11.6 Å². The number of carbonyl (C=O) groups excluding carboxylic acids is 2. The van der Waals surface area contributed by atoms with E-state index >= 15 is 0 Å². The smallest absolute Gasteiger partial charge is 0.196 e. The van der Waals surface area contributed by atoms with Crippen molar-refractivity contribution in [3.8, 4) is 0 Å². The molecule has 0 aliphatic heterocycles. The lowest BCUT2D eigenvalue weighted by Gasteiger charge is -2.13. The number of ketones is 2. The molecule has 0 radical (unpaired) electrons. The van der Waals surface area contributed by atoms with Crippen molar-refractivity contribution >= 4 is 34.2 Å². The van der Waals surface area contributed by atoms with Crippen LogP contribution >= 0.6 is 22.7 Å². The van der Waals surface area contributed by atoms with Crippen LogP contribution in [0.25, 0.3) is 0 Å². The van der Waals surface area contributed by atoms with Crippen LogP contribution in [0.15, 0.2) is 10.8 Å². The minimum Gasteiger partial charge on any atom is -0.288 e. The van der Waals surface area contributed by atoms with Crippen molar-refractivity contribution < 1.29 is 9.59 Å². The molecule has 1 aliphatic rings. The van der Waals surface area contributed by atoms with Crippen LogP contribution in [-0.2, 0) is 12.8 Å². The average Bonchev–Trinajstić information content (AvgIpc) is 3.26. The number of fused-ring (bicyclic) bond motifs is 2. The van der Waals surface area contributed by atoms with E-state index in [4.69, 9.17) is 0 Å². The summed E-state index contributed by atoms with van der Waals surface area (Å²) in [6.07, 6.45) is 11.4. The van der Waals surface area contributed by atoms with Gasteiger partial charge >= 0.3 is 0 Å². The maximum Gasteiger partial charge on any atom is 0.196 e. The maximum absolute atomic E-state index is 13.1. The normalized spacial score (nSPS) is 13.2. The molecule has 140 valence electrons. The first-order valence-corrected chi connectivity index (χ1v) is 11.7. The first kappa shape index (κ1) is 19.5. The van der Waals surface area contributed by atoms with Crippen LogP contribution in [-0.4, -0.2) is 11.6 Å². The summed E-state index contributed by atoms with van der Waals surface area (Å²) in [4.78, 5) is 28.4. The Kier molecular flexibility index (Phi) is 6.82. The molecule has 26 heavy (non-hydrogen) atoms. The third kappa shape index (κ3) is 3.86. The van der Waals surface area contributed by atoms with Gasteiger partial charge in [-0.25, -0.2) is 0 Å². The molecule has 3 rings (SSSR count). The SMILES string of the molecule is CCCCCCc1sc(CCCCCC)c2c1C(=O)c1cscc1C2=O. The second-order valence-electron chi connectivity index (χ2n) is 7.18. The highest BCUT2D eigenvalue weighted by molar-refractivity contribution is 7.13. The predicted molar refractivity (Wildman–Crippen MR) is 111 cm³/mol. The molecule has 0 saturated heterocycles. The zero-order valence-corrected chi connectivity index (χ0v) is 17.5. The Morgan fingerprint density at radius 2 is 1.15 bits per heavy atom. The van der Waals surface area contributed by atoms with E-state index in [-0.39, 0.29) is 11.6 Å². The number of hydrogen-bond acceptors (Lipinski definition) is 4. The van der Waals surface area contributed by atoms with Crippen molar-refractivity contribution in [1.82, 2.24) is 0 Å². The topological polar surface area (TPSA) is 34.1 Å². The molecule has 2 aromatic heterocycles. The standard InChI is InChI=1S/C22H28O2S2/c1-3-5-7-9-11-17-19-20(18(26-17)12-10-8-6-4-2)22(24)16-14-25-13-15(16)21(19)23/h13-14H,3-12H2,1-2H3. The Labute approximate surface area is 164 Å². The van der Waals surface area contributed by atoms with Crippen LogP contribution in [0.3, 0.4) is 0 Å². The van der Waals surface area contributed by atoms with Crippen molar-refractivity contribution in [2.24, 2.45) is 0 Å². The van der Waals surface area contributed by atoms with Gasteiger partial charge in [-0.3, -0.25) is 9.59 Å². The average molecular weight is 389 g/mol. The van der Waals surface area contributed by atoms with E-state index in [0.29, 0.717) is 11.1 Å². The summed E-state index contributed by atoms with van der Waals surface area (Å²) < 4.78 is 0. The number of unbranched alkanes of at least 4 members (excludes halogenated alkanes) is 6. The molecule has 0 spiro atoms. The maximum atomic E-state index is 13.1. The monoisotopic (exact) mass is 388 g/mol. The molecule has 1 aliphatic carbocycles. The number of hydrogen-bond donors (Lipinski definition) is 0. The van der Waals surface area contributed by atoms with E-state index in [9.17, 15) is 9.59 Å². The van der Waals surface area contributed by atoms with E-state index in [1.54, 1.807) is 11.3 Å². The highest BCUT2D eigenvalue weighted by Crippen LogP contribution is 2.39. The minimum atomic E-state index is 0.0809. The Morgan fingerprint density at radius 1 is 0.692 bits per heavy atom. The van der Waals surface area contributed by atoms with Crippen LogP contribution in [0.1, 0.15) is 107 Å². The molecule has 0 atom stereocenters. The van der Waals surface area contributed by atoms with Crippen LogP contribution in [0.2, 0.25) is 0 Å². The van der Waals surface area contributed by atoms with Gasteiger partial charge in [0, 0.05) is 42.8 Å². The molecule has 0 unspecified atom stereocenters. The van der Waals surface area contributed by atoms with Gasteiger partial charge in [-0.1, -0.05) is 52.4 Å². The van der Waals surface area contributed by atoms with Gasteiger partial charge in [-0.05, 0) is 25.7 Å². The van der Waals surface area contributed by atoms with E-state index in [0.717, 1.165) is 46.6 Å². The van der Waals surface area contributed by atoms with E-state index in [2.05, 4.69) is 13.8 Å². The summed E-state index contributed by atoms with van der Waals surface area (Å²) in [6.45, 7) is 4.42. The van der Waals surface area contributed by atoms with Crippen molar-refractivity contribution in [3.05, 3.63) is 42.8 Å². The second-order valence-corrected chi connectivity index (χ2v) is 9.11. The number of carbonyl (C=O) groups is 2. The molecule has 0 aromatic carbocycles. The largest absolute Gasteiger partial charge is 0.288 e. The zero-order chi connectivity index (χ0) is 18.5. The summed E-state index contributed by atoms with van der Waals surface area (Å²) >= 11 is 3.19. The summed E-state index contributed by atoms with van der Waals surface area (Å²) in [6, 6.07) is 0. The predicted octanol–water partition coefficient (Wildman–Crippen LogP) is 6.83. The number of thiophene rings is 2. The molecule has 0 saturated carbocycles. The molecule has 2 nitrogen and oxygen atoms in total. The summed E-state index contributed by atoms with van der Waals surface area (Å²) in [7, 11) is 0. The van der Waals surface area contributed by atoms with Gasteiger partial charge in [0.1, 0.15) is 0 Å². The van der Waals surface area contributed by atoms with Crippen molar-refractivity contribution in [1.29, 1.82) is 0 Å². The van der Waals surface area contributed by atoms with Crippen molar-refractivity contribution in [3.63, 3.8) is 0 Å². The first-order chi connectivity index (χ1) is 12.7. The molecular weight excluding hydrogens is 360 g/mol. The first-order valence-electron chi connectivity index (χ1n) is 9.99. The molecular formula is C22H28O2S2. The van der Waals surface area contributed by atoms with Gasteiger partial charge in [0.25, 0.3) is 0 Å². The fraction of sp³-hybridized carbons (Fsp3) is 0.545. The Hall–Kier alpha value is -1.26. The van der Waals surface area contributed by atoms with E-state index in [1.807, 2.05) is 10.8 Å². The number of aryl methyl sites for hydroxylation is 2. The summed E-state index contributed by atoms with van der Waals surface area (Å²) in [5, 5.41) is 3.69. The van der Waals surface area contributed by atoms with Gasteiger partial charge in [0.05, 0.1) is 0 Å². The lowest BCUT2D eigenvalue weighted by molar-refractivity contribution is 0.0979. The molecule has 2 aromatic rings. The highest BCUT2D eigenvalue weighted by atomic mass is 32.1. The summed E-state index contributed by atoms with van der Waals surface area (Å²) in [5.41, 5.74) is 2.73. The lowest BCUT2D eigenvalue weighted by atomic mass is 9.85. The fourth-order valence-corrected chi connectivity index (χ4v) is 5.90. The van der Waals surface area contributed by atoms with Crippen LogP contribution in [0.5, 0.6) is 0 Å². The third-order valence-corrected chi connectivity index (χ3v) is 7.23. The second kappa shape index (κ2) is 9.09.